The number of hydrogen-bond donors (Lipinski definition) is 2. The average Bonchev–Trinajstić information content (AvgIpc) is 3.16. The third-order valence-corrected chi connectivity index (χ3v) is 4.06. The second-order valence-corrected chi connectivity index (χ2v) is 6.75. The molecule has 7 heteroatoms. The van der Waals surface area contributed by atoms with E-state index in [-0.39, 0.29) is 24.2 Å². The van der Waals surface area contributed by atoms with Crippen molar-refractivity contribution >= 4 is 5.91 Å². The van der Waals surface area contributed by atoms with E-state index in [0.29, 0.717) is 6.54 Å². The van der Waals surface area contributed by atoms with Crippen molar-refractivity contribution in [3.63, 3.8) is 0 Å². The number of carbonyl (C=O) groups excluding carboxylic acids is 1. The molecule has 0 aliphatic heterocycles. The zero-order chi connectivity index (χ0) is 19.9. The number of aliphatic hydroxyl groups is 1. The normalized spacial score (nSPS) is 12.0. The van der Waals surface area contributed by atoms with Crippen molar-refractivity contribution in [2.75, 3.05) is 0 Å². The fourth-order valence-electron chi connectivity index (χ4n) is 2.68. The molecule has 7 nitrogen and oxygen atoms in total. The molecule has 2 aromatic carbocycles. The van der Waals surface area contributed by atoms with Crippen LogP contribution in [0.4, 0.5) is 0 Å². The Morgan fingerprint density at radius 3 is 2.54 bits per heavy atom. The summed E-state index contributed by atoms with van der Waals surface area (Å²) in [4.78, 5) is 12.3. The summed E-state index contributed by atoms with van der Waals surface area (Å²) in [7, 11) is 0. The van der Waals surface area contributed by atoms with Gasteiger partial charge in [0.2, 0.25) is 0 Å². The molecule has 3 rings (SSSR count). The smallest absolute Gasteiger partial charge is 0.273 e. The lowest BCUT2D eigenvalue weighted by Gasteiger charge is -2.10. The predicted octanol–water partition coefficient (Wildman–Crippen LogP) is 2.73. The fourth-order valence-corrected chi connectivity index (χ4v) is 2.68. The Kier molecular flexibility index (Phi) is 6.39. The number of benzene rings is 2. The average molecular weight is 380 g/mol. The number of aromatic nitrogens is 3. The molecule has 0 aliphatic rings. The zero-order valence-electron chi connectivity index (χ0n) is 15.9. The highest BCUT2D eigenvalue weighted by Gasteiger charge is 2.13. The van der Waals surface area contributed by atoms with Gasteiger partial charge in [-0.3, -0.25) is 4.79 Å². The standard InChI is InChI=1S/C21H24N4O3/c1-15(2)28-18-10-8-16(9-11-18)12-22-21(27)19-13-25(24-23-19)14-20(26)17-6-4-3-5-7-17/h3-11,13,15,20,26H,12,14H2,1-2H3,(H,22,27)/t20-/m1/s1. The topological polar surface area (TPSA) is 89.3 Å². The number of amides is 1. The summed E-state index contributed by atoms with van der Waals surface area (Å²) in [5.74, 6) is 0.480. The van der Waals surface area contributed by atoms with Crippen LogP contribution in [0.2, 0.25) is 0 Å². The lowest BCUT2D eigenvalue weighted by atomic mass is 10.1. The number of rotatable bonds is 8. The van der Waals surface area contributed by atoms with Crippen LogP contribution in [0.15, 0.2) is 60.8 Å². The van der Waals surface area contributed by atoms with Crippen molar-refractivity contribution in [3.8, 4) is 5.75 Å². The summed E-state index contributed by atoms with van der Waals surface area (Å²) in [6.07, 6.45) is 0.931. The maximum atomic E-state index is 12.3. The van der Waals surface area contributed by atoms with Crippen LogP contribution in [0.5, 0.6) is 5.75 Å². The number of hydrogen-bond acceptors (Lipinski definition) is 5. The van der Waals surface area contributed by atoms with E-state index in [4.69, 9.17) is 4.74 Å². The molecule has 3 aromatic rings. The Morgan fingerprint density at radius 1 is 1.14 bits per heavy atom. The molecule has 0 spiro atoms. The summed E-state index contributed by atoms with van der Waals surface area (Å²) >= 11 is 0. The van der Waals surface area contributed by atoms with Gasteiger partial charge in [0.05, 0.1) is 24.9 Å². The molecule has 146 valence electrons. The summed E-state index contributed by atoms with van der Waals surface area (Å²) in [5.41, 5.74) is 1.95. The lowest BCUT2D eigenvalue weighted by molar-refractivity contribution is 0.0945. The van der Waals surface area contributed by atoms with Crippen molar-refractivity contribution in [2.24, 2.45) is 0 Å². The number of carbonyl (C=O) groups is 1. The molecule has 0 fully saturated rings. The Balaban J connectivity index is 1.52. The van der Waals surface area contributed by atoms with Gasteiger partial charge in [0.15, 0.2) is 5.69 Å². The van der Waals surface area contributed by atoms with Gasteiger partial charge in [-0.15, -0.1) is 5.10 Å². The molecule has 1 atom stereocenters. The van der Waals surface area contributed by atoms with Crippen molar-refractivity contribution in [3.05, 3.63) is 77.6 Å². The minimum atomic E-state index is -0.717. The third kappa shape index (κ3) is 5.40. The van der Waals surface area contributed by atoms with Crippen LogP contribution in [-0.2, 0) is 13.1 Å². The van der Waals surface area contributed by atoms with Crippen LogP contribution < -0.4 is 10.1 Å². The van der Waals surface area contributed by atoms with Crippen LogP contribution in [0.3, 0.4) is 0 Å². The highest BCUT2D eigenvalue weighted by molar-refractivity contribution is 5.91. The number of nitrogens with zero attached hydrogens (tertiary/aromatic N) is 3. The summed E-state index contributed by atoms with van der Waals surface area (Å²) < 4.78 is 7.06. The summed E-state index contributed by atoms with van der Waals surface area (Å²) in [6, 6.07) is 16.9. The largest absolute Gasteiger partial charge is 0.491 e. The van der Waals surface area contributed by atoms with Gasteiger partial charge in [-0.1, -0.05) is 47.7 Å². The van der Waals surface area contributed by atoms with Crippen molar-refractivity contribution < 1.29 is 14.6 Å². The molecule has 28 heavy (non-hydrogen) atoms. The van der Waals surface area contributed by atoms with E-state index in [1.807, 2.05) is 68.4 Å². The first-order valence-corrected chi connectivity index (χ1v) is 9.18. The van der Waals surface area contributed by atoms with Gasteiger partial charge in [-0.2, -0.15) is 0 Å². The highest BCUT2D eigenvalue weighted by Crippen LogP contribution is 2.15. The van der Waals surface area contributed by atoms with Crippen molar-refractivity contribution in [1.29, 1.82) is 0 Å². The Morgan fingerprint density at radius 2 is 1.86 bits per heavy atom. The third-order valence-electron chi connectivity index (χ3n) is 4.06. The van der Waals surface area contributed by atoms with E-state index >= 15 is 0 Å². The Hall–Kier alpha value is -3.19. The number of ether oxygens (including phenoxy) is 1. The highest BCUT2D eigenvalue weighted by atomic mass is 16.5. The molecule has 0 saturated heterocycles. The van der Waals surface area contributed by atoms with Gasteiger partial charge in [-0.25, -0.2) is 4.68 Å². The lowest BCUT2D eigenvalue weighted by Crippen LogP contribution is -2.23. The first kappa shape index (κ1) is 19.6. The van der Waals surface area contributed by atoms with E-state index in [0.717, 1.165) is 16.9 Å². The number of nitrogens with one attached hydrogen (secondary N) is 1. The second kappa shape index (κ2) is 9.14. The molecule has 1 amide bonds. The fraction of sp³-hybridized carbons (Fsp3) is 0.286. The molecule has 1 heterocycles. The first-order valence-electron chi connectivity index (χ1n) is 9.18. The zero-order valence-corrected chi connectivity index (χ0v) is 15.9. The van der Waals surface area contributed by atoms with Crippen LogP contribution >= 0.6 is 0 Å². The van der Waals surface area contributed by atoms with E-state index in [1.54, 1.807) is 0 Å². The molecule has 0 unspecified atom stereocenters. The Labute approximate surface area is 164 Å². The predicted molar refractivity (Wildman–Crippen MR) is 105 cm³/mol. The van der Waals surface area contributed by atoms with Crippen LogP contribution in [0.25, 0.3) is 0 Å². The molecule has 1 aromatic heterocycles. The molecule has 2 N–H and O–H groups in total. The van der Waals surface area contributed by atoms with E-state index in [9.17, 15) is 9.90 Å². The molecular weight excluding hydrogens is 356 g/mol. The van der Waals surface area contributed by atoms with Gasteiger partial charge in [0, 0.05) is 6.54 Å². The molecule has 0 aliphatic carbocycles. The first-order chi connectivity index (χ1) is 13.5. The quantitative estimate of drug-likeness (QED) is 0.627. The van der Waals surface area contributed by atoms with Gasteiger partial charge >= 0.3 is 0 Å². The molecular formula is C21H24N4O3. The van der Waals surface area contributed by atoms with Gasteiger partial charge in [0.25, 0.3) is 5.91 Å². The Bertz CT molecular complexity index is 892. The molecule has 0 saturated carbocycles. The molecule has 0 radical (unpaired) electrons. The maximum Gasteiger partial charge on any atom is 0.273 e. The minimum absolute atomic E-state index is 0.119. The monoisotopic (exact) mass is 380 g/mol. The van der Waals surface area contributed by atoms with Crippen molar-refractivity contribution in [1.82, 2.24) is 20.3 Å². The maximum absolute atomic E-state index is 12.3. The summed E-state index contributed by atoms with van der Waals surface area (Å²) in [5, 5.41) is 20.9. The summed E-state index contributed by atoms with van der Waals surface area (Å²) in [6.45, 7) is 4.54. The minimum Gasteiger partial charge on any atom is -0.491 e. The van der Waals surface area contributed by atoms with E-state index < -0.39 is 6.10 Å². The van der Waals surface area contributed by atoms with E-state index in [2.05, 4.69) is 15.6 Å². The van der Waals surface area contributed by atoms with E-state index in [1.165, 1.54) is 10.9 Å². The van der Waals surface area contributed by atoms with Crippen LogP contribution in [0.1, 0.15) is 41.6 Å². The van der Waals surface area contributed by atoms with Crippen molar-refractivity contribution in [2.45, 2.75) is 39.1 Å². The van der Waals surface area contributed by atoms with Gasteiger partial charge in [0.1, 0.15) is 5.75 Å². The SMILES string of the molecule is CC(C)Oc1ccc(CNC(=O)c2cn(C[C@@H](O)c3ccccc3)nn2)cc1. The van der Waals surface area contributed by atoms with Crippen LogP contribution in [0, 0.1) is 0 Å². The number of aliphatic hydroxyl groups excluding tert-OH is 1. The second-order valence-electron chi connectivity index (χ2n) is 6.75. The van der Waals surface area contributed by atoms with Gasteiger partial charge < -0.3 is 15.2 Å². The van der Waals surface area contributed by atoms with Gasteiger partial charge in [-0.05, 0) is 37.1 Å². The van der Waals surface area contributed by atoms with Crippen LogP contribution in [-0.4, -0.2) is 32.1 Å². The molecule has 0 bridgehead atoms.